The second kappa shape index (κ2) is 15.4. The van der Waals surface area contributed by atoms with E-state index in [2.05, 4.69) is 16.0 Å². The van der Waals surface area contributed by atoms with Crippen molar-refractivity contribution in [1.29, 1.82) is 0 Å². The Bertz CT molecular complexity index is 1910. The van der Waals surface area contributed by atoms with E-state index in [9.17, 15) is 18.8 Å². The van der Waals surface area contributed by atoms with Crippen molar-refractivity contribution in [3.05, 3.63) is 166 Å². The summed E-state index contributed by atoms with van der Waals surface area (Å²) in [6.07, 6.45) is 1.20. The monoisotopic (exact) mass is 663 g/mol. The van der Waals surface area contributed by atoms with Crippen molar-refractivity contribution in [2.45, 2.75) is 24.0 Å². The van der Waals surface area contributed by atoms with Gasteiger partial charge < -0.3 is 16.0 Å². The van der Waals surface area contributed by atoms with Crippen LogP contribution in [0.15, 0.2) is 132 Å². The lowest BCUT2D eigenvalue weighted by atomic mass is 10.1. The Balaban J connectivity index is 1.41. The minimum Gasteiger partial charge on any atom is -0.324 e. The van der Waals surface area contributed by atoms with Crippen LogP contribution in [0.1, 0.15) is 37.9 Å². The molecular weight excluding hydrogens is 633 g/mol. The smallest absolute Gasteiger partial charge is 0.272 e. The fourth-order valence-corrected chi connectivity index (χ4v) is 6.12. The number of benzene rings is 5. The predicted molar refractivity (Wildman–Crippen MR) is 188 cm³/mol. The van der Waals surface area contributed by atoms with Gasteiger partial charge in [-0.25, -0.2) is 4.39 Å². The molecule has 0 aliphatic heterocycles. The SMILES string of the molecule is Cc1cccc(C)c1NC(=O)C(Sc1cccc(NC(=O)/C(=C\c2c(F)cccc2Cl)NC(=O)c2ccccc2)c1)c1ccccc1. The van der Waals surface area contributed by atoms with Gasteiger partial charge in [0.15, 0.2) is 0 Å². The molecule has 6 nitrogen and oxygen atoms in total. The van der Waals surface area contributed by atoms with Gasteiger partial charge in [-0.2, -0.15) is 0 Å². The normalized spacial score (nSPS) is 11.8. The van der Waals surface area contributed by atoms with Gasteiger partial charge in [0, 0.05) is 27.4 Å². The Morgan fingerprint density at radius 3 is 2.09 bits per heavy atom. The van der Waals surface area contributed by atoms with E-state index in [0.717, 1.165) is 22.4 Å². The Morgan fingerprint density at radius 1 is 0.766 bits per heavy atom. The van der Waals surface area contributed by atoms with Crippen LogP contribution in [0.5, 0.6) is 0 Å². The van der Waals surface area contributed by atoms with Crippen molar-refractivity contribution in [1.82, 2.24) is 5.32 Å². The number of carbonyl (C=O) groups excluding carboxylic acids is 3. The topological polar surface area (TPSA) is 87.3 Å². The Hall–Kier alpha value is -5.18. The van der Waals surface area contributed by atoms with E-state index in [0.29, 0.717) is 16.1 Å². The minimum absolute atomic E-state index is 0.0439. The maximum Gasteiger partial charge on any atom is 0.272 e. The summed E-state index contributed by atoms with van der Waals surface area (Å²) in [6, 6.07) is 34.8. The molecule has 0 saturated heterocycles. The standard InChI is InChI=1S/C38H31ClFN3O3S/c1-24-12-9-13-25(2)34(24)43-38(46)35(26-14-5-3-6-15-26)47-29-19-10-18-28(22-29)41-37(45)33(23-30-31(39)20-11-21-32(30)40)42-36(44)27-16-7-4-8-17-27/h3-23,35H,1-2H3,(H,41,45)(H,42,44)(H,43,46)/b33-23+. The third-order valence-corrected chi connectivity index (χ3v) is 8.81. The summed E-state index contributed by atoms with van der Waals surface area (Å²) in [5.41, 5.74) is 3.96. The molecular formula is C38H31ClFN3O3S. The van der Waals surface area contributed by atoms with Gasteiger partial charge in [0.1, 0.15) is 16.8 Å². The molecule has 3 amide bonds. The number of carbonyl (C=O) groups is 3. The summed E-state index contributed by atoms with van der Waals surface area (Å²) in [6.45, 7) is 3.90. The van der Waals surface area contributed by atoms with E-state index in [1.165, 1.54) is 36.0 Å². The molecule has 0 spiro atoms. The Labute approximate surface area is 282 Å². The van der Waals surface area contributed by atoms with Gasteiger partial charge in [0.25, 0.3) is 11.8 Å². The van der Waals surface area contributed by atoms with E-state index < -0.39 is 22.9 Å². The van der Waals surface area contributed by atoms with E-state index in [4.69, 9.17) is 11.6 Å². The first-order valence-corrected chi connectivity index (χ1v) is 16.0. The average molecular weight is 664 g/mol. The molecule has 0 heterocycles. The maximum atomic E-state index is 14.7. The van der Waals surface area contributed by atoms with Crippen molar-refractivity contribution in [2.24, 2.45) is 0 Å². The number of nitrogens with one attached hydrogen (secondary N) is 3. The van der Waals surface area contributed by atoms with Crippen LogP contribution < -0.4 is 16.0 Å². The number of halogens is 2. The zero-order valence-electron chi connectivity index (χ0n) is 25.6. The number of hydrogen-bond donors (Lipinski definition) is 3. The highest BCUT2D eigenvalue weighted by Crippen LogP contribution is 2.38. The first-order chi connectivity index (χ1) is 22.7. The lowest BCUT2D eigenvalue weighted by molar-refractivity contribution is -0.116. The first-order valence-electron chi connectivity index (χ1n) is 14.7. The zero-order valence-corrected chi connectivity index (χ0v) is 27.2. The number of anilines is 2. The van der Waals surface area contributed by atoms with Crippen LogP contribution in [0.4, 0.5) is 15.8 Å². The molecule has 0 aliphatic rings. The Kier molecular flexibility index (Phi) is 10.9. The van der Waals surface area contributed by atoms with E-state index in [-0.39, 0.29) is 22.2 Å². The van der Waals surface area contributed by atoms with Crippen molar-refractivity contribution >= 4 is 58.5 Å². The predicted octanol–water partition coefficient (Wildman–Crippen LogP) is 8.98. The molecule has 1 unspecified atom stereocenters. The summed E-state index contributed by atoms with van der Waals surface area (Å²) >= 11 is 7.57. The fraction of sp³-hybridized carbons (Fsp3) is 0.0789. The lowest BCUT2D eigenvalue weighted by Gasteiger charge is -2.19. The molecule has 0 aliphatic carbocycles. The van der Waals surface area contributed by atoms with Gasteiger partial charge in [-0.05, 0) is 79.1 Å². The molecule has 3 N–H and O–H groups in total. The zero-order chi connectivity index (χ0) is 33.3. The number of aryl methyl sites for hydroxylation is 2. The van der Waals surface area contributed by atoms with E-state index in [1.807, 2.05) is 68.4 Å². The fourth-order valence-electron chi connectivity index (χ4n) is 4.82. The minimum atomic E-state index is -0.692. The highest BCUT2D eigenvalue weighted by molar-refractivity contribution is 8.00. The molecule has 0 saturated carbocycles. The van der Waals surface area contributed by atoms with Crippen molar-refractivity contribution in [3.8, 4) is 0 Å². The maximum absolute atomic E-state index is 14.7. The summed E-state index contributed by atoms with van der Waals surface area (Å²) in [7, 11) is 0. The summed E-state index contributed by atoms with van der Waals surface area (Å²) < 4.78 is 14.7. The van der Waals surface area contributed by atoms with Crippen LogP contribution in [0.2, 0.25) is 5.02 Å². The van der Waals surface area contributed by atoms with Gasteiger partial charge in [-0.3, -0.25) is 14.4 Å². The van der Waals surface area contributed by atoms with Crippen molar-refractivity contribution < 1.29 is 18.8 Å². The summed E-state index contributed by atoms with van der Waals surface area (Å²) in [4.78, 5) is 41.1. The highest BCUT2D eigenvalue weighted by Gasteiger charge is 2.24. The molecule has 1 atom stereocenters. The number of hydrogen-bond acceptors (Lipinski definition) is 4. The molecule has 0 radical (unpaired) electrons. The molecule has 9 heteroatoms. The second-order valence-electron chi connectivity index (χ2n) is 10.7. The number of rotatable bonds is 10. The lowest BCUT2D eigenvalue weighted by Crippen LogP contribution is -2.30. The Morgan fingerprint density at radius 2 is 1.40 bits per heavy atom. The molecule has 236 valence electrons. The molecule has 5 rings (SSSR count). The van der Waals surface area contributed by atoms with Crippen LogP contribution in [0.25, 0.3) is 6.08 Å². The number of para-hydroxylation sites is 1. The van der Waals surface area contributed by atoms with Crippen LogP contribution in [-0.2, 0) is 9.59 Å². The molecule has 5 aromatic rings. The van der Waals surface area contributed by atoms with Gasteiger partial charge >= 0.3 is 0 Å². The second-order valence-corrected chi connectivity index (χ2v) is 12.2. The van der Waals surface area contributed by atoms with Crippen LogP contribution >= 0.6 is 23.4 Å². The van der Waals surface area contributed by atoms with Crippen LogP contribution in [0, 0.1) is 19.7 Å². The third-order valence-electron chi connectivity index (χ3n) is 7.23. The molecule has 47 heavy (non-hydrogen) atoms. The van der Waals surface area contributed by atoms with Gasteiger partial charge in [0.2, 0.25) is 5.91 Å². The quantitative estimate of drug-likeness (QED) is 0.103. The number of thioether (sulfide) groups is 1. The third kappa shape index (κ3) is 8.55. The van der Waals surface area contributed by atoms with Crippen LogP contribution in [0.3, 0.4) is 0 Å². The van der Waals surface area contributed by atoms with Crippen LogP contribution in [-0.4, -0.2) is 17.7 Å². The summed E-state index contributed by atoms with van der Waals surface area (Å²) in [5, 5.41) is 7.97. The average Bonchev–Trinajstić information content (AvgIpc) is 3.07. The molecule has 0 fully saturated rings. The van der Waals surface area contributed by atoms with Crippen molar-refractivity contribution in [2.75, 3.05) is 10.6 Å². The largest absolute Gasteiger partial charge is 0.324 e. The molecule has 0 bridgehead atoms. The summed E-state index contributed by atoms with van der Waals surface area (Å²) in [5.74, 6) is -2.09. The van der Waals surface area contributed by atoms with Gasteiger partial charge in [-0.1, -0.05) is 90.5 Å². The van der Waals surface area contributed by atoms with E-state index >= 15 is 0 Å². The van der Waals surface area contributed by atoms with Crippen molar-refractivity contribution in [3.63, 3.8) is 0 Å². The molecule has 0 aromatic heterocycles. The molecule has 5 aromatic carbocycles. The number of amides is 3. The van der Waals surface area contributed by atoms with E-state index in [1.54, 1.807) is 48.5 Å². The van der Waals surface area contributed by atoms with Gasteiger partial charge in [-0.15, -0.1) is 11.8 Å². The highest BCUT2D eigenvalue weighted by atomic mass is 35.5. The first kappa shape index (κ1) is 33.2. The van der Waals surface area contributed by atoms with Gasteiger partial charge in [0.05, 0.1) is 5.02 Å².